The molecule has 0 saturated heterocycles. The number of nitrogens with two attached hydrogens (primary N) is 1. The molecule has 5 aromatic heterocycles. The van der Waals surface area contributed by atoms with Crippen molar-refractivity contribution in [3.63, 3.8) is 0 Å². The summed E-state index contributed by atoms with van der Waals surface area (Å²) in [7, 11) is 0. The zero-order valence-electron chi connectivity index (χ0n) is 17.3. The van der Waals surface area contributed by atoms with Gasteiger partial charge in [-0.05, 0) is 17.7 Å². The van der Waals surface area contributed by atoms with E-state index in [2.05, 4.69) is 30.0 Å². The Balaban J connectivity index is 1.26. The zero-order valence-corrected chi connectivity index (χ0v) is 17.3. The second-order valence-corrected chi connectivity index (χ2v) is 7.81. The van der Waals surface area contributed by atoms with Crippen LogP contribution < -0.4 is 5.73 Å². The molecule has 1 aliphatic heterocycles. The van der Waals surface area contributed by atoms with Gasteiger partial charge in [0.2, 0.25) is 11.8 Å². The lowest BCUT2D eigenvalue weighted by Crippen LogP contribution is -2.33. The second kappa shape index (κ2) is 7.34. The van der Waals surface area contributed by atoms with Crippen molar-refractivity contribution in [2.24, 2.45) is 0 Å². The van der Waals surface area contributed by atoms with Crippen LogP contribution in [-0.2, 0) is 19.5 Å². The molecular formula is C20H18N10O3. The average molecular weight is 446 g/mol. The molecule has 0 bridgehead atoms. The van der Waals surface area contributed by atoms with Crippen molar-refractivity contribution in [2.45, 2.75) is 19.5 Å². The van der Waals surface area contributed by atoms with Gasteiger partial charge in [-0.25, -0.2) is 9.67 Å². The minimum absolute atomic E-state index is 0.0135. The van der Waals surface area contributed by atoms with Gasteiger partial charge in [0.15, 0.2) is 17.1 Å². The Labute approximate surface area is 185 Å². The molecule has 6 heterocycles. The van der Waals surface area contributed by atoms with E-state index in [0.29, 0.717) is 42.5 Å². The molecule has 0 atom stereocenters. The fourth-order valence-corrected chi connectivity index (χ4v) is 4.13. The predicted molar refractivity (Wildman–Crippen MR) is 116 cm³/mol. The molecule has 0 amide bonds. The molecule has 1 aliphatic rings. The van der Waals surface area contributed by atoms with Crippen LogP contribution in [0.4, 0.5) is 11.6 Å². The van der Waals surface area contributed by atoms with Crippen molar-refractivity contribution in [1.29, 1.82) is 0 Å². The summed E-state index contributed by atoms with van der Waals surface area (Å²) in [6.45, 7) is 2.67. The van der Waals surface area contributed by atoms with E-state index in [9.17, 15) is 10.1 Å². The molecular weight excluding hydrogens is 428 g/mol. The molecule has 0 saturated carbocycles. The number of pyridine rings is 1. The number of hydrogen-bond donors (Lipinski definition) is 1. The molecule has 0 unspecified atom stereocenters. The van der Waals surface area contributed by atoms with E-state index >= 15 is 0 Å². The molecule has 13 heteroatoms. The van der Waals surface area contributed by atoms with Crippen LogP contribution >= 0.6 is 0 Å². The van der Waals surface area contributed by atoms with Crippen LogP contribution in [0.1, 0.15) is 11.3 Å². The Morgan fingerprint density at radius 3 is 2.94 bits per heavy atom. The number of furan rings is 1. The Bertz CT molecular complexity index is 1500. The highest BCUT2D eigenvalue weighted by molar-refractivity contribution is 5.90. The number of nitrogen functional groups attached to an aromatic ring is 1. The van der Waals surface area contributed by atoms with Crippen molar-refractivity contribution in [3.05, 3.63) is 58.2 Å². The molecule has 2 N–H and O–H groups in total. The van der Waals surface area contributed by atoms with Crippen molar-refractivity contribution in [3.8, 4) is 11.6 Å². The summed E-state index contributed by atoms with van der Waals surface area (Å²) in [5, 5.41) is 20.7. The van der Waals surface area contributed by atoms with E-state index in [0.717, 1.165) is 29.6 Å². The van der Waals surface area contributed by atoms with Crippen LogP contribution in [0.15, 0.2) is 41.3 Å². The highest BCUT2D eigenvalue weighted by Crippen LogP contribution is 2.24. The molecule has 0 aliphatic carbocycles. The van der Waals surface area contributed by atoms with Gasteiger partial charge in [-0.3, -0.25) is 20.0 Å². The highest BCUT2D eigenvalue weighted by Gasteiger charge is 2.21. The maximum absolute atomic E-state index is 11.1. The third kappa shape index (κ3) is 3.25. The summed E-state index contributed by atoms with van der Waals surface area (Å²) in [6, 6.07) is 5.15. The first kappa shape index (κ1) is 19.3. The van der Waals surface area contributed by atoms with Crippen LogP contribution in [0.25, 0.3) is 28.3 Å². The monoisotopic (exact) mass is 446 g/mol. The van der Waals surface area contributed by atoms with Gasteiger partial charge in [-0.2, -0.15) is 14.6 Å². The standard InChI is InChI=1S/C20H18N10O3/c21-20-25-18-14(19-24-17(26-29(19)20)16-2-1-7-33-16)10-23-28(18)6-5-27-4-3-15-12(11-27)8-13(9-22-15)30(31)32/h1-2,7-10H,3-6,11H2,(H2,21,25). The van der Waals surface area contributed by atoms with Gasteiger partial charge in [0.1, 0.15) is 6.20 Å². The molecule has 33 heavy (non-hydrogen) atoms. The lowest BCUT2D eigenvalue weighted by atomic mass is 10.1. The van der Waals surface area contributed by atoms with E-state index < -0.39 is 4.92 Å². The average Bonchev–Trinajstić information content (AvgIpc) is 3.56. The number of hydrogen-bond acceptors (Lipinski definition) is 10. The third-order valence-corrected chi connectivity index (χ3v) is 5.78. The van der Waals surface area contributed by atoms with Gasteiger partial charge in [0.25, 0.3) is 5.69 Å². The smallest absolute Gasteiger partial charge is 0.287 e. The van der Waals surface area contributed by atoms with Gasteiger partial charge in [-0.1, -0.05) is 0 Å². The van der Waals surface area contributed by atoms with Gasteiger partial charge in [0, 0.05) is 37.8 Å². The second-order valence-electron chi connectivity index (χ2n) is 7.81. The van der Waals surface area contributed by atoms with Crippen molar-refractivity contribution >= 4 is 28.3 Å². The summed E-state index contributed by atoms with van der Waals surface area (Å²) in [4.78, 5) is 26.2. The first-order valence-electron chi connectivity index (χ1n) is 10.3. The molecule has 0 fully saturated rings. The maximum Gasteiger partial charge on any atom is 0.287 e. The summed E-state index contributed by atoms with van der Waals surface area (Å²) < 4.78 is 8.66. The topological polar surface area (TPSA) is 159 Å². The minimum atomic E-state index is -0.416. The Kier molecular flexibility index (Phi) is 4.29. The normalized spacial score (nSPS) is 14.2. The fourth-order valence-electron chi connectivity index (χ4n) is 4.13. The van der Waals surface area contributed by atoms with E-state index in [1.165, 1.54) is 10.7 Å². The number of nitrogens with zero attached hydrogens (tertiary/aromatic N) is 9. The number of rotatable bonds is 5. The molecule has 13 nitrogen and oxygen atoms in total. The SMILES string of the molecule is Nc1nc2c(cnn2CCN2CCc3ncc([N+](=O)[O-])cc3C2)c2nc(-c3ccco3)nn12. The molecule has 0 radical (unpaired) electrons. The minimum Gasteiger partial charge on any atom is -0.461 e. The van der Waals surface area contributed by atoms with Crippen molar-refractivity contribution in [1.82, 2.24) is 39.2 Å². The van der Waals surface area contributed by atoms with Crippen LogP contribution in [-0.4, -0.2) is 57.3 Å². The van der Waals surface area contributed by atoms with Gasteiger partial charge in [-0.15, -0.1) is 5.10 Å². The van der Waals surface area contributed by atoms with E-state index in [4.69, 9.17) is 10.2 Å². The molecule has 0 spiro atoms. The van der Waals surface area contributed by atoms with Gasteiger partial charge < -0.3 is 10.2 Å². The van der Waals surface area contributed by atoms with Crippen LogP contribution in [0.2, 0.25) is 0 Å². The quantitative estimate of drug-likeness (QED) is 0.311. The lowest BCUT2D eigenvalue weighted by Gasteiger charge is -2.27. The number of nitro groups is 1. The molecule has 5 aromatic rings. The Morgan fingerprint density at radius 1 is 1.21 bits per heavy atom. The summed E-state index contributed by atoms with van der Waals surface area (Å²) in [6.07, 6.45) is 5.33. The summed E-state index contributed by atoms with van der Waals surface area (Å²) in [5.41, 5.74) is 9.14. The van der Waals surface area contributed by atoms with Gasteiger partial charge in [0.05, 0.1) is 29.3 Å². The van der Waals surface area contributed by atoms with Crippen LogP contribution in [0, 0.1) is 10.1 Å². The Hall–Kier alpha value is -4.39. The fraction of sp³-hybridized carbons (Fsp3) is 0.250. The number of aromatic nitrogens is 7. The van der Waals surface area contributed by atoms with E-state index in [-0.39, 0.29) is 11.6 Å². The first-order chi connectivity index (χ1) is 16.1. The predicted octanol–water partition coefficient (Wildman–Crippen LogP) is 1.68. The van der Waals surface area contributed by atoms with Crippen LogP contribution in [0.3, 0.4) is 0 Å². The molecule has 0 aromatic carbocycles. The first-order valence-corrected chi connectivity index (χ1v) is 10.3. The zero-order chi connectivity index (χ0) is 22.5. The third-order valence-electron chi connectivity index (χ3n) is 5.78. The van der Waals surface area contributed by atoms with Crippen molar-refractivity contribution in [2.75, 3.05) is 18.8 Å². The largest absolute Gasteiger partial charge is 0.461 e. The number of anilines is 1. The lowest BCUT2D eigenvalue weighted by molar-refractivity contribution is -0.385. The number of fused-ring (bicyclic) bond motifs is 4. The van der Waals surface area contributed by atoms with E-state index in [1.807, 2.05) is 0 Å². The summed E-state index contributed by atoms with van der Waals surface area (Å²) >= 11 is 0. The molecule has 166 valence electrons. The highest BCUT2D eigenvalue weighted by atomic mass is 16.6. The Morgan fingerprint density at radius 2 is 2.12 bits per heavy atom. The van der Waals surface area contributed by atoms with Crippen molar-refractivity contribution < 1.29 is 9.34 Å². The summed E-state index contributed by atoms with van der Waals surface area (Å²) in [5.74, 6) is 1.16. The van der Waals surface area contributed by atoms with Crippen LogP contribution in [0.5, 0.6) is 0 Å². The molecule has 6 rings (SSSR count). The van der Waals surface area contributed by atoms with Gasteiger partial charge >= 0.3 is 0 Å². The maximum atomic E-state index is 11.1. The van der Waals surface area contributed by atoms with E-state index in [1.54, 1.807) is 35.3 Å².